The molecule has 0 atom stereocenters. The zero-order chi connectivity index (χ0) is 21.6. The van der Waals surface area contributed by atoms with Crippen LogP contribution in [0.4, 0.5) is 21.2 Å². The molecule has 5 rings (SSSR count). The van der Waals surface area contributed by atoms with Gasteiger partial charge in [-0.3, -0.25) is 10.0 Å². The summed E-state index contributed by atoms with van der Waals surface area (Å²) >= 11 is 2.82. The summed E-state index contributed by atoms with van der Waals surface area (Å²) in [5, 5.41) is 5.62. The third-order valence-electron chi connectivity index (χ3n) is 4.36. The third-order valence-corrected chi connectivity index (χ3v) is 6.81. The van der Waals surface area contributed by atoms with Crippen LogP contribution in [0.1, 0.15) is 0 Å². The fraction of sp³-hybridized carbons (Fsp3) is 0.0500. The van der Waals surface area contributed by atoms with Crippen LogP contribution in [0.25, 0.3) is 31.6 Å². The zero-order valence-corrected chi connectivity index (χ0v) is 18.4. The molecule has 3 heterocycles. The van der Waals surface area contributed by atoms with E-state index in [2.05, 4.69) is 25.0 Å². The lowest BCUT2D eigenvalue weighted by molar-refractivity contribution is 0.607. The maximum atomic E-state index is 13.4. The average Bonchev–Trinajstić information content (AvgIpc) is 3.29. The highest BCUT2D eigenvalue weighted by Gasteiger charge is 2.13. The molecule has 0 aliphatic rings. The number of aromatic nitrogens is 3. The molecule has 0 aliphatic carbocycles. The van der Waals surface area contributed by atoms with Crippen molar-refractivity contribution in [2.45, 2.75) is 0 Å². The molecule has 7 nitrogen and oxygen atoms in total. The Morgan fingerprint density at radius 3 is 2.77 bits per heavy atom. The number of nitrogens with zero attached hydrogens (tertiary/aromatic N) is 3. The van der Waals surface area contributed by atoms with Crippen molar-refractivity contribution in [3.8, 4) is 11.1 Å². The third kappa shape index (κ3) is 4.20. The molecule has 0 saturated heterocycles. The van der Waals surface area contributed by atoms with E-state index < -0.39 is 10.0 Å². The fourth-order valence-corrected chi connectivity index (χ4v) is 5.42. The summed E-state index contributed by atoms with van der Waals surface area (Å²) in [6, 6.07) is 11.6. The number of hydrogen-bond donors (Lipinski definition) is 2. The second-order valence-electron chi connectivity index (χ2n) is 6.77. The molecular weight excluding hydrogens is 457 g/mol. The number of hydrogen-bond acceptors (Lipinski definition) is 8. The van der Waals surface area contributed by atoms with E-state index in [0.717, 1.165) is 32.3 Å². The van der Waals surface area contributed by atoms with Gasteiger partial charge < -0.3 is 0 Å². The van der Waals surface area contributed by atoms with Crippen LogP contribution in [0.3, 0.4) is 0 Å². The molecule has 31 heavy (non-hydrogen) atoms. The molecule has 0 radical (unpaired) electrons. The minimum absolute atomic E-state index is 0.309. The van der Waals surface area contributed by atoms with Gasteiger partial charge in [-0.2, -0.15) is 0 Å². The summed E-state index contributed by atoms with van der Waals surface area (Å²) in [7, 11) is -3.37. The first-order chi connectivity index (χ1) is 14.8. The van der Waals surface area contributed by atoms with Crippen molar-refractivity contribution in [2.75, 3.05) is 16.3 Å². The molecular formula is C20H14FN5O2S3. The van der Waals surface area contributed by atoms with E-state index in [1.54, 1.807) is 30.5 Å². The van der Waals surface area contributed by atoms with Crippen molar-refractivity contribution in [1.29, 1.82) is 0 Å². The Kier molecular flexibility index (Phi) is 4.80. The molecule has 0 amide bonds. The summed E-state index contributed by atoms with van der Waals surface area (Å²) in [5.41, 5.74) is 3.62. The summed E-state index contributed by atoms with van der Waals surface area (Å²) in [6.07, 6.45) is 2.84. The number of halogens is 1. The molecule has 3 aromatic heterocycles. The zero-order valence-electron chi connectivity index (χ0n) is 16.0. The van der Waals surface area contributed by atoms with Crippen molar-refractivity contribution in [3.05, 3.63) is 59.9 Å². The van der Waals surface area contributed by atoms with Gasteiger partial charge >= 0.3 is 0 Å². The van der Waals surface area contributed by atoms with E-state index in [1.165, 1.54) is 34.8 Å². The predicted molar refractivity (Wildman–Crippen MR) is 124 cm³/mol. The SMILES string of the molecule is CS(=O)(=O)Nc1cccc(-c2csc3cnc(Nc4nc5ccc(F)cc5s4)nc23)c1. The molecule has 0 fully saturated rings. The number of thiophene rings is 1. The fourth-order valence-electron chi connectivity index (χ4n) is 3.11. The van der Waals surface area contributed by atoms with Crippen LogP contribution in [-0.2, 0) is 10.0 Å². The van der Waals surface area contributed by atoms with Gasteiger partial charge in [0.1, 0.15) is 5.82 Å². The normalized spacial score (nSPS) is 11.8. The van der Waals surface area contributed by atoms with Gasteiger partial charge in [0.25, 0.3) is 0 Å². The maximum Gasteiger partial charge on any atom is 0.229 e. The van der Waals surface area contributed by atoms with Crippen molar-refractivity contribution in [2.24, 2.45) is 0 Å². The molecule has 5 aromatic rings. The van der Waals surface area contributed by atoms with Crippen LogP contribution in [0, 0.1) is 5.82 Å². The Morgan fingerprint density at radius 2 is 1.94 bits per heavy atom. The first-order valence-electron chi connectivity index (χ1n) is 9.00. The molecule has 2 N–H and O–H groups in total. The second-order valence-corrected chi connectivity index (χ2v) is 10.5. The van der Waals surface area contributed by atoms with Crippen molar-refractivity contribution < 1.29 is 12.8 Å². The van der Waals surface area contributed by atoms with Gasteiger partial charge in [0, 0.05) is 16.6 Å². The van der Waals surface area contributed by atoms with E-state index in [9.17, 15) is 12.8 Å². The average molecular weight is 472 g/mol. The first kappa shape index (κ1) is 19.8. The van der Waals surface area contributed by atoms with E-state index in [-0.39, 0.29) is 5.82 Å². The van der Waals surface area contributed by atoms with Crippen LogP contribution in [0.15, 0.2) is 54.0 Å². The Labute approximate surface area is 184 Å². The highest BCUT2D eigenvalue weighted by atomic mass is 32.2. The molecule has 0 spiro atoms. The number of anilines is 3. The van der Waals surface area contributed by atoms with Gasteiger partial charge in [-0.15, -0.1) is 11.3 Å². The van der Waals surface area contributed by atoms with Gasteiger partial charge in [-0.05, 0) is 35.9 Å². The monoisotopic (exact) mass is 471 g/mol. The minimum Gasteiger partial charge on any atom is -0.300 e. The Bertz CT molecular complexity index is 1550. The van der Waals surface area contributed by atoms with Crippen molar-refractivity contribution in [3.63, 3.8) is 0 Å². The highest BCUT2D eigenvalue weighted by molar-refractivity contribution is 7.92. The smallest absolute Gasteiger partial charge is 0.229 e. The molecule has 0 aliphatic heterocycles. The first-order valence-corrected chi connectivity index (χ1v) is 12.6. The Morgan fingerprint density at radius 1 is 1.06 bits per heavy atom. The number of nitrogens with one attached hydrogen (secondary N) is 2. The molecule has 156 valence electrons. The van der Waals surface area contributed by atoms with Gasteiger partial charge in [-0.1, -0.05) is 23.5 Å². The number of fused-ring (bicyclic) bond motifs is 2. The van der Waals surface area contributed by atoms with Crippen molar-refractivity contribution in [1.82, 2.24) is 15.0 Å². The van der Waals surface area contributed by atoms with Crippen molar-refractivity contribution >= 4 is 69.9 Å². The molecule has 2 aromatic carbocycles. The van der Waals surface area contributed by atoms with E-state index >= 15 is 0 Å². The van der Waals surface area contributed by atoms with E-state index in [0.29, 0.717) is 22.3 Å². The highest BCUT2D eigenvalue weighted by Crippen LogP contribution is 2.35. The lowest BCUT2D eigenvalue weighted by Gasteiger charge is -2.06. The van der Waals surface area contributed by atoms with Crippen LogP contribution in [0.2, 0.25) is 0 Å². The standard InChI is InChI=1S/C20H14FN5O2S3/c1-31(27,28)26-13-4-2-3-11(7-13)14-10-29-17-9-22-19(24-18(14)17)25-20-23-15-6-5-12(21)8-16(15)30-20/h2-10,26H,1H3,(H,22,23,24,25). The molecule has 0 bridgehead atoms. The molecule has 0 saturated carbocycles. The van der Waals surface area contributed by atoms with Gasteiger partial charge in [0.2, 0.25) is 16.0 Å². The predicted octanol–water partition coefficient (Wildman–Crippen LogP) is 5.22. The largest absolute Gasteiger partial charge is 0.300 e. The summed E-state index contributed by atoms with van der Waals surface area (Å²) in [6.45, 7) is 0. The second kappa shape index (κ2) is 7.52. The Hall–Kier alpha value is -3.15. The topological polar surface area (TPSA) is 96.9 Å². The maximum absolute atomic E-state index is 13.4. The Balaban J connectivity index is 1.50. The summed E-state index contributed by atoms with van der Waals surface area (Å²) in [5.74, 6) is 0.0629. The lowest BCUT2D eigenvalue weighted by atomic mass is 10.1. The van der Waals surface area contributed by atoms with E-state index in [1.807, 2.05) is 11.4 Å². The molecule has 11 heteroatoms. The molecule has 0 unspecified atom stereocenters. The van der Waals surface area contributed by atoms with Gasteiger partial charge in [-0.25, -0.2) is 27.8 Å². The van der Waals surface area contributed by atoms with E-state index in [4.69, 9.17) is 0 Å². The summed E-state index contributed by atoms with van der Waals surface area (Å²) < 4.78 is 40.6. The number of rotatable bonds is 5. The number of sulfonamides is 1. The van der Waals surface area contributed by atoms with Gasteiger partial charge in [0.15, 0.2) is 5.13 Å². The summed E-state index contributed by atoms with van der Waals surface area (Å²) in [4.78, 5) is 13.4. The van der Waals surface area contributed by atoms with Crippen LogP contribution in [0.5, 0.6) is 0 Å². The number of benzene rings is 2. The number of thiazole rings is 1. The quantitative estimate of drug-likeness (QED) is 0.365. The van der Waals surface area contributed by atoms with Gasteiger partial charge in [0.05, 0.1) is 32.9 Å². The van der Waals surface area contributed by atoms with Crippen LogP contribution >= 0.6 is 22.7 Å². The minimum atomic E-state index is -3.37. The van der Waals surface area contributed by atoms with Crippen LogP contribution in [-0.4, -0.2) is 29.6 Å². The van der Waals surface area contributed by atoms with Crippen LogP contribution < -0.4 is 10.0 Å². The lowest BCUT2D eigenvalue weighted by Crippen LogP contribution is -2.09.